The Morgan fingerprint density at radius 3 is 2.58 bits per heavy atom. The summed E-state index contributed by atoms with van der Waals surface area (Å²) in [5.74, 6) is 10.7. The Morgan fingerprint density at radius 1 is 1.26 bits per heavy atom. The molecule has 0 unspecified atom stereocenters. The number of pyridine rings is 1. The van der Waals surface area contributed by atoms with Gasteiger partial charge in [0.2, 0.25) is 0 Å². The Morgan fingerprint density at radius 2 is 1.95 bits per heavy atom. The lowest BCUT2D eigenvalue weighted by molar-refractivity contribution is 0.825. The normalized spacial score (nSPS) is 11.0. The molecule has 1 aromatic carbocycles. The molecule has 2 aromatic rings. The summed E-state index contributed by atoms with van der Waals surface area (Å²) in [6.45, 7) is 1.89. The topological polar surface area (TPSA) is 98.8 Å². The highest BCUT2D eigenvalue weighted by molar-refractivity contribution is 5.67. The minimum Gasteiger partial charge on any atom is -0.336 e. The van der Waals surface area contributed by atoms with Crippen molar-refractivity contribution in [2.45, 2.75) is 13.5 Å². The van der Waals surface area contributed by atoms with Gasteiger partial charge in [0.1, 0.15) is 0 Å². The molecule has 0 fully saturated rings. The Bertz CT molecular complexity index is 661. The molecule has 0 aliphatic carbocycles. The second kappa shape index (κ2) is 5.34. The minimum absolute atomic E-state index is 0.108. The van der Waals surface area contributed by atoms with Crippen molar-refractivity contribution in [1.82, 2.24) is 4.68 Å². The molecular weight excluding hydrogens is 242 g/mol. The van der Waals surface area contributed by atoms with E-state index in [-0.39, 0.29) is 12.1 Å². The first kappa shape index (κ1) is 12.8. The SMILES string of the molecule is Cc1cc(-c2ccccc2)c(CN=NN)c(=O)n1N. The van der Waals surface area contributed by atoms with Crippen LogP contribution in [0.1, 0.15) is 11.3 Å². The van der Waals surface area contributed by atoms with Crippen molar-refractivity contribution >= 4 is 0 Å². The van der Waals surface area contributed by atoms with Gasteiger partial charge < -0.3 is 11.7 Å². The van der Waals surface area contributed by atoms with Crippen LogP contribution in [0.25, 0.3) is 11.1 Å². The number of nitrogen functional groups attached to an aromatic ring is 1. The molecular formula is C13H15N5O. The fourth-order valence-corrected chi connectivity index (χ4v) is 1.93. The summed E-state index contributed by atoms with van der Waals surface area (Å²) >= 11 is 0. The lowest BCUT2D eigenvalue weighted by atomic mass is 10.0. The van der Waals surface area contributed by atoms with E-state index in [0.29, 0.717) is 11.3 Å². The van der Waals surface area contributed by atoms with E-state index in [1.807, 2.05) is 36.4 Å². The summed E-state index contributed by atoms with van der Waals surface area (Å²) in [6.07, 6.45) is 0. The molecule has 0 spiro atoms. The fraction of sp³-hybridized carbons (Fsp3) is 0.154. The van der Waals surface area contributed by atoms with Gasteiger partial charge in [0.25, 0.3) is 5.56 Å². The molecule has 0 atom stereocenters. The molecule has 0 aliphatic heterocycles. The predicted octanol–water partition coefficient (Wildman–Crippen LogP) is 1.36. The van der Waals surface area contributed by atoms with Gasteiger partial charge in [0.05, 0.1) is 12.1 Å². The number of aryl methyl sites for hydroxylation is 1. The molecule has 0 radical (unpaired) electrons. The standard InChI is InChI=1S/C13H15N5O/c1-9-7-11(10-5-3-2-4-6-10)12(8-16-17-14)13(19)18(9)15/h2-7H,8,15H2,1H3,(H2,14,16). The van der Waals surface area contributed by atoms with Crippen molar-refractivity contribution in [1.29, 1.82) is 0 Å². The van der Waals surface area contributed by atoms with Gasteiger partial charge in [-0.3, -0.25) is 4.79 Å². The van der Waals surface area contributed by atoms with Crippen LogP contribution in [-0.4, -0.2) is 4.68 Å². The summed E-state index contributed by atoms with van der Waals surface area (Å²) in [6, 6.07) is 11.5. The van der Waals surface area contributed by atoms with Crippen LogP contribution in [0.2, 0.25) is 0 Å². The largest absolute Gasteiger partial charge is 0.336 e. The third-order valence-electron chi connectivity index (χ3n) is 2.93. The first-order valence-electron chi connectivity index (χ1n) is 5.78. The van der Waals surface area contributed by atoms with E-state index in [1.165, 1.54) is 0 Å². The van der Waals surface area contributed by atoms with Crippen LogP contribution in [0.5, 0.6) is 0 Å². The van der Waals surface area contributed by atoms with Gasteiger partial charge in [-0.15, -0.1) is 0 Å². The average molecular weight is 257 g/mol. The zero-order valence-corrected chi connectivity index (χ0v) is 10.6. The Balaban J connectivity index is 2.68. The average Bonchev–Trinajstić information content (AvgIpc) is 2.44. The highest BCUT2D eigenvalue weighted by atomic mass is 16.1. The van der Waals surface area contributed by atoms with Crippen molar-refractivity contribution in [3.8, 4) is 11.1 Å². The smallest absolute Gasteiger partial charge is 0.274 e. The zero-order valence-electron chi connectivity index (χ0n) is 10.6. The molecule has 0 aliphatic rings. The summed E-state index contributed by atoms with van der Waals surface area (Å²) in [5.41, 5.74) is 2.61. The lowest BCUT2D eigenvalue weighted by Crippen LogP contribution is -2.32. The van der Waals surface area contributed by atoms with E-state index >= 15 is 0 Å². The number of hydrogen-bond acceptors (Lipinski definition) is 4. The lowest BCUT2D eigenvalue weighted by Gasteiger charge is -2.11. The Hall–Kier alpha value is -2.63. The summed E-state index contributed by atoms with van der Waals surface area (Å²) < 4.78 is 1.10. The Kier molecular flexibility index (Phi) is 3.61. The van der Waals surface area contributed by atoms with E-state index in [1.54, 1.807) is 6.92 Å². The van der Waals surface area contributed by atoms with Crippen LogP contribution >= 0.6 is 0 Å². The number of aromatic nitrogens is 1. The number of nitrogens with zero attached hydrogens (tertiary/aromatic N) is 3. The van der Waals surface area contributed by atoms with Crippen LogP contribution in [0, 0.1) is 6.92 Å². The van der Waals surface area contributed by atoms with Gasteiger partial charge in [-0.25, -0.2) is 4.68 Å². The monoisotopic (exact) mass is 257 g/mol. The van der Waals surface area contributed by atoms with E-state index in [4.69, 9.17) is 11.7 Å². The quantitative estimate of drug-likeness (QED) is 0.493. The molecule has 0 saturated heterocycles. The van der Waals surface area contributed by atoms with Crippen LogP contribution in [0.15, 0.2) is 51.5 Å². The second-order valence-electron chi connectivity index (χ2n) is 4.13. The molecule has 4 N–H and O–H groups in total. The number of benzene rings is 1. The van der Waals surface area contributed by atoms with Crippen LogP contribution in [0.4, 0.5) is 0 Å². The van der Waals surface area contributed by atoms with Gasteiger partial charge >= 0.3 is 0 Å². The zero-order chi connectivity index (χ0) is 13.8. The van der Waals surface area contributed by atoms with E-state index < -0.39 is 0 Å². The maximum atomic E-state index is 12.2. The highest BCUT2D eigenvalue weighted by Gasteiger charge is 2.12. The summed E-state index contributed by atoms with van der Waals surface area (Å²) in [4.78, 5) is 12.2. The molecule has 0 amide bonds. The molecule has 6 nitrogen and oxygen atoms in total. The predicted molar refractivity (Wildman–Crippen MR) is 73.8 cm³/mol. The molecule has 2 rings (SSSR count). The van der Waals surface area contributed by atoms with Gasteiger partial charge in [0, 0.05) is 5.69 Å². The number of rotatable bonds is 3. The molecule has 1 heterocycles. The second-order valence-corrected chi connectivity index (χ2v) is 4.13. The summed E-state index contributed by atoms with van der Waals surface area (Å²) in [5, 5.41) is 6.89. The third kappa shape index (κ3) is 2.47. The fourth-order valence-electron chi connectivity index (χ4n) is 1.93. The van der Waals surface area contributed by atoms with Crippen molar-refractivity contribution in [3.63, 3.8) is 0 Å². The molecule has 98 valence electrons. The first-order valence-corrected chi connectivity index (χ1v) is 5.78. The maximum absolute atomic E-state index is 12.2. The van der Waals surface area contributed by atoms with Crippen LogP contribution in [-0.2, 0) is 6.54 Å². The highest BCUT2D eigenvalue weighted by Crippen LogP contribution is 2.22. The van der Waals surface area contributed by atoms with E-state index in [9.17, 15) is 4.79 Å². The molecule has 1 aromatic heterocycles. The van der Waals surface area contributed by atoms with Crippen molar-refractivity contribution in [3.05, 3.63) is 58.0 Å². The Labute approximate surface area is 110 Å². The summed E-state index contributed by atoms with van der Waals surface area (Å²) in [7, 11) is 0. The molecule has 6 heteroatoms. The molecule has 19 heavy (non-hydrogen) atoms. The van der Waals surface area contributed by atoms with E-state index in [2.05, 4.69) is 10.3 Å². The number of hydrogen-bond donors (Lipinski definition) is 2. The van der Waals surface area contributed by atoms with Gasteiger partial charge in [-0.05, 0) is 24.1 Å². The van der Waals surface area contributed by atoms with Crippen molar-refractivity contribution in [2.75, 3.05) is 5.84 Å². The first-order chi connectivity index (χ1) is 9.15. The maximum Gasteiger partial charge on any atom is 0.274 e. The van der Waals surface area contributed by atoms with Gasteiger partial charge in [-0.1, -0.05) is 35.6 Å². The van der Waals surface area contributed by atoms with Crippen LogP contribution < -0.4 is 17.2 Å². The number of nitrogens with two attached hydrogens (primary N) is 2. The molecule has 0 saturated carbocycles. The van der Waals surface area contributed by atoms with Crippen molar-refractivity contribution < 1.29 is 0 Å². The van der Waals surface area contributed by atoms with Gasteiger partial charge in [0.15, 0.2) is 0 Å². The molecule has 0 bridgehead atoms. The van der Waals surface area contributed by atoms with Gasteiger partial charge in [-0.2, -0.15) is 5.11 Å². The van der Waals surface area contributed by atoms with Crippen molar-refractivity contribution in [2.24, 2.45) is 16.2 Å². The minimum atomic E-state index is -0.286. The third-order valence-corrected chi connectivity index (χ3v) is 2.93. The van der Waals surface area contributed by atoms with E-state index in [0.717, 1.165) is 15.8 Å². The van der Waals surface area contributed by atoms with Crippen LogP contribution in [0.3, 0.4) is 0 Å².